The Hall–Kier alpha value is -2.31. The van der Waals surface area contributed by atoms with E-state index in [0.29, 0.717) is 22.5 Å². The van der Waals surface area contributed by atoms with Gasteiger partial charge in [-0.1, -0.05) is 0 Å². The van der Waals surface area contributed by atoms with Crippen LogP contribution in [0.2, 0.25) is 0 Å². The Labute approximate surface area is 89.2 Å². The summed E-state index contributed by atoms with van der Waals surface area (Å²) in [6.45, 7) is -0.0713. The Bertz CT molecular complexity index is 536. The molecule has 0 saturated heterocycles. The molecular weight excluding hydrogens is 214 g/mol. The quantitative estimate of drug-likeness (QED) is 0.781. The molecule has 7 heteroatoms. The van der Waals surface area contributed by atoms with Gasteiger partial charge in [0.2, 0.25) is 6.79 Å². The van der Waals surface area contributed by atoms with Crippen molar-refractivity contribution >= 4 is 17.0 Å². The molecule has 0 saturated carbocycles. The molecule has 0 atom stereocenters. The number of fused-ring (bicyclic) bond motifs is 2. The maximum Gasteiger partial charge on any atom is 0.327 e. The van der Waals surface area contributed by atoms with Crippen molar-refractivity contribution in [1.29, 1.82) is 0 Å². The number of carboxylic acids is 1. The van der Waals surface area contributed by atoms with Gasteiger partial charge in [0, 0.05) is 12.1 Å². The molecule has 1 aromatic carbocycles. The van der Waals surface area contributed by atoms with Crippen LogP contribution in [0.4, 0.5) is 0 Å². The average Bonchev–Trinajstić information content (AvgIpc) is 2.76. The van der Waals surface area contributed by atoms with Crippen LogP contribution in [0, 0.1) is 0 Å². The van der Waals surface area contributed by atoms with Crippen LogP contribution in [-0.2, 0) is 11.3 Å². The van der Waals surface area contributed by atoms with Gasteiger partial charge in [0.05, 0.1) is 0 Å². The Balaban J connectivity index is 2.08. The van der Waals surface area contributed by atoms with Gasteiger partial charge in [-0.2, -0.15) is 15.0 Å². The molecule has 0 fully saturated rings. The largest absolute Gasteiger partial charge is 0.480 e. The number of hydrogen-bond donors (Lipinski definition) is 1. The molecule has 2 heterocycles. The molecule has 0 radical (unpaired) electrons. The van der Waals surface area contributed by atoms with Crippen molar-refractivity contribution in [3.05, 3.63) is 12.1 Å². The summed E-state index contributed by atoms with van der Waals surface area (Å²) in [6.07, 6.45) is 0. The fourth-order valence-electron chi connectivity index (χ4n) is 1.54. The molecule has 1 aliphatic heterocycles. The first-order valence-electron chi connectivity index (χ1n) is 4.59. The fourth-order valence-corrected chi connectivity index (χ4v) is 1.54. The molecule has 82 valence electrons. The Morgan fingerprint density at radius 3 is 2.38 bits per heavy atom. The normalized spacial score (nSPS) is 13.2. The summed E-state index contributed by atoms with van der Waals surface area (Å²) < 4.78 is 10.4. The van der Waals surface area contributed by atoms with Crippen LogP contribution >= 0.6 is 0 Å². The first-order chi connectivity index (χ1) is 7.72. The van der Waals surface area contributed by atoms with Crippen LogP contribution in [0.5, 0.6) is 11.5 Å². The lowest BCUT2D eigenvalue weighted by Crippen LogP contribution is -2.11. The number of aromatic nitrogens is 3. The molecular formula is C9H7N3O4. The number of carboxylic acid groups (broad SMARTS) is 1. The van der Waals surface area contributed by atoms with Gasteiger partial charge in [-0.25, -0.2) is 0 Å². The number of hydrogen-bond acceptors (Lipinski definition) is 5. The smallest absolute Gasteiger partial charge is 0.327 e. The van der Waals surface area contributed by atoms with Crippen LogP contribution < -0.4 is 9.47 Å². The molecule has 0 amide bonds. The molecule has 1 N–H and O–H groups in total. The molecule has 16 heavy (non-hydrogen) atoms. The van der Waals surface area contributed by atoms with Crippen LogP contribution in [-0.4, -0.2) is 32.9 Å². The highest BCUT2D eigenvalue weighted by Gasteiger charge is 2.16. The number of nitrogens with zero attached hydrogens (tertiary/aromatic N) is 3. The van der Waals surface area contributed by atoms with E-state index in [1.165, 1.54) is 0 Å². The lowest BCUT2D eigenvalue weighted by atomic mass is 10.3. The minimum atomic E-state index is -0.986. The first-order valence-corrected chi connectivity index (χ1v) is 4.59. The third-order valence-electron chi connectivity index (χ3n) is 2.19. The number of aliphatic carboxylic acids is 1. The van der Waals surface area contributed by atoms with Gasteiger partial charge in [0.1, 0.15) is 11.0 Å². The van der Waals surface area contributed by atoms with E-state index >= 15 is 0 Å². The van der Waals surface area contributed by atoms with E-state index < -0.39 is 5.97 Å². The van der Waals surface area contributed by atoms with E-state index in [2.05, 4.69) is 10.2 Å². The van der Waals surface area contributed by atoms with Crippen molar-refractivity contribution in [1.82, 2.24) is 15.0 Å². The predicted octanol–water partition coefficient (Wildman–Crippen LogP) is 0.245. The Morgan fingerprint density at radius 1 is 1.31 bits per heavy atom. The molecule has 3 rings (SSSR count). The monoisotopic (exact) mass is 221 g/mol. The number of ether oxygens (including phenoxy) is 2. The van der Waals surface area contributed by atoms with Gasteiger partial charge < -0.3 is 14.6 Å². The van der Waals surface area contributed by atoms with Crippen LogP contribution in [0.3, 0.4) is 0 Å². The van der Waals surface area contributed by atoms with E-state index in [4.69, 9.17) is 14.6 Å². The van der Waals surface area contributed by atoms with Gasteiger partial charge in [0.15, 0.2) is 18.0 Å². The minimum Gasteiger partial charge on any atom is -0.480 e. The van der Waals surface area contributed by atoms with Crippen molar-refractivity contribution in [2.75, 3.05) is 6.79 Å². The number of benzene rings is 1. The van der Waals surface area contributed by atoms with Crippen LogP contribution in [0.1, 0.15) is 0 Å². The number of rotatable bonds is 2. The molecule has 7 nitrogen and oxygen atoms in total. The first kappa shape index (κ1) is 8.96. The van der Waals surface area contributed by atoms with Gasteiger partial charge in [-0.05, 0) is 0 Å². The van der Waals surface area contributed by atoms with Gasteiger partial charge >= 0.3 is 5.97 Å². The Morgan fingerprint density at radius 2 is 1.88 bits per heavy atom. The molecule has 0 unspecified atom stereocenters. The van der Waals surface area contributed by atoms with Crippen LogP contribution in [0.15, 0.2) is 12.1 Å². The van der Waals surface area contributed by atoms with Crippen molar-refractivity contribution < 1.29 is 19.4 Å². The summed E-state index contributed by atoms with van der Waals surface area (Å²) in [5.41, 5.74) is 1.18. The summed E-state index contributed by atoms with van der Waals surface area (Å²) in [5.74, 6) is 0.227. The van der Waals surface area contributed by atoms with E-state index in [1.54, 1.807) is 12.1 Å². The molecule has 0 spiro atoms. The molecule has 1 aliphatic rings. The molecule has 2 aromatic rings. The lowest BCUT2D eigenvalue weighted by molar-refractivity contribution is -0.138. The average molecular weight is 221 g/mol. The minimum absolute atomic E-state index is 0.192. The maximum atomic E-state index is 10.5. The van der Waals surface area contributed by atoms with Gasteiger partial charge in [-0.3, -0.25) is 4.79 Å². The van der Waals surface area contributed by atoms with Crippen LogP contribution in [0.25, 0.3) is 11.0 Å². The van der Waals surface area contributed by atoms with Crippen molar-refractivity contribution in [3.63, 3.8) is 0 Å². The third-order valence-corrected chi connectivity index (χ3v) is 2.19. The predicted molar refractivity (Wildman–Crippen MR) is 51.3 cm³/mol. The SMILES string of the molecule is O=C(O)Cn1nc2cc3c(cc2n1)OCO3. The summed E-state index contributed by atoms with van der Waals surface area (Å²) >= 11 is 0. The zero-order valence-corrected chi connectivity index (χ0v) is 8.08. The maximum absolute atomic E-state index is 10.5. The topological polar surface area (TPSA) is 86.5 Å². The number of carbonyl (C=O) groups is 1. The molecule has 0 aliphatic carbocycles. The van der Waals surface area contributed by atoms with Gasteiger partial charge in [0.25, 0.3) is 0 Å². The van der Waals surface area contributed by atoms with E-state index in [-0.39, 0.29) is 13.3 Å². The molecule has 1 aromatic heterocycles. The molecule has 0 bridgehead atoms. The van der Waals surface area contributed by atoms with E-state index in [9.17, 15) is 4.79 Å². The van der Waals surface area contributed by atoms with Crippen molar-refractivity contribution in [2.45, 2.75) is 6.54 Å². The lowest BCUT2D eigenvalue weighted by Gasteiger charge is -1.92. The second-order valence-corrected chi connectivity index (χ2v) is 3.32. The zero-order chi connectivity index (χ0) is 11.1. The van der Waals surface area contributed by atoms with Crippen molar-refractivity contribution in [3.8, 4) is 11.5 Å². The van der Waals surface area contributed by atoms with E-state index in [0.717, 1.165) is 4.80 Å². The highest BCUT2D eigenvalue weighted by atomic mass is 16.7. The van der Waals surface area contributed by atoms with Crippen molar-refractivity contribution in [2.24, 2.45) is 0 Å². The van der Waals surface area contributed by atoms with E-state index in [1.807, 2.05) is 0 Å². The standard InChI is InChI=1S/C9H7N3O4/c13-9(14)3-12-10-5-1-7-8(16-4-15-7)2-6(5)11-12/h1-2H,3-4H2,(H,13,14). The summed E-state index contributed by atoms with van der Waals surface area (Å²) in [5, 5.41) is 16.6. The highest BCUT2D eigenvalue weighted by Crippen LogP contribution is 2.34. The highest BCUT2D eigenvalue weighted by molar-refractivity contribution is 5.79. The second kappa shape index (κ2) is 3.09. The fraction of sp³-hybridized carbons (Fsp3) is 0.222. The Kier molecular flexibility index (Phi) is 1.73. The summed E-state index contributed by atoms with van der Waals surface area (Å²) in [4.78, 5) is 11.6. The summed E-state index contributed by atoms with van der Waals surface area (Å²) in [6, 6.07) is 3.37. The zero-order valence-electron chi connectivity index (χ0n) is 8.08. The third kappa shape index (κ3) is 1.33. The van der Waals surface area contributed by atoms with Gasteiger partial charge in [-0.15, -0.1) is 0 Å². The summed E-state index contributed by atoms with van der Waals surface area (Å²) in [7, 11) is 0. The second-order valence-electron chi connectivity index (χ2n) is 3.32.